The number of hydrogen-bond donors (Lipinski definition) is 0. The Morgan fingerprint density at radius 1 is 1.05 bits per heavy atom. The molecule has 0 aliphatic rings. The van der Waals surface area contributed by atoms with Gasteiger partial charge in [-0.2, -0.15) is 0 Å². The Morgan fingerprint density at radius 2 is 1.81 bits per heavy atom. The van der Waals surface area contributed by atoms with Crippen LogP contribution in [0.5, 0.6) is 0 Å². The summed E-state index contributed by atoms with van der Waals surface area (Å²) in [5.74, 6) is 1.03. The number of para-hydroxylation sites is 1. The van der Waals surface area contributed by atoms with Crippen molar-refractivity contribution in [1.82, 2.24) is 9.55 Å². The predicted octanol–water partition coefficient (Wildman–Crippen LogP) is 3.99. The fourth-order valence-corrected chi connectivity index (χ4v) is 2.14. The highest BCUT2D eigenvalue weighted by molar-refractivity contribution is 5.81. The molecular weight excluding hydrogens is 258 g/mol. The van der Waals surface area contributed by atoms with E-state index in [1.807, 2.05) is 55.9 Å². The molecule has 0 amide bonds. The fraction of sp³-hybridized carbons (Fsp3) is 0.111. The van der Waals surface area contributed by atoms with Crippen LogP contribution >= 0.6 is 0 Å². The quantitative estimate of drug-likeness (QED) is 0.662. The summed E-state index contributed by atoms with van der Waals surface area (Å²) in [6, 6.07) is 18.4. The molecule has 0 N–H and O–H groups in total. The molecule has 2 aromatic carbocycles. The Morgan fingerprint density at radius 3 is 2.48 bits per heavy atom. The van der Waals surface area contributed by atoms with Gasteiger partial charge in [0.1, 0.15) is 5.82 Å². The van der Waals surface area contributed by atoms with E-state index in [1.54, 1.807) is 0 Å². The summed E-state index contributed by atoms with van der Waals surface area (Å²) in [6.07, 6.45) is 5.72. The average Bonchev–Trinajstić information content (AvgIpc) is 2.93. The Bertz CT molecular complexity index is 725. The van der Waals surface area contributed by atoms with Gasteiger partial charge in [0, 0.05) is 25.2 Å². The monoisotopic (exact) mass is 275 g/mol. The molecule has 0 bridgehead atoms. The highest BCUT2D eigenvalue weighted by atomic mass is 15.0. The molecule has 21 heavy (non-hydrogen) atoms. The lowest BCUT2D eigenvalue weighted by molar-refractivity contribution is 0.762. The summed E-state index contributed by atoms with van der Waals surface area (Å²) in [6.45, 7) is 2.86. The van der Waals surface area contributed by atoms with Crippen LogP contribution in [0.25, 0.3) is 0 Å². The molecule has 104 valence electrons. The average molecular weight is 275 g/mol. The summed E-state index contributed by atoms with van der Waals surface area (Å²) in [5.41, 5.74) is 3.33. The summed E-state index contributed by atoms with van der Waals surface area (Å²) >= 11 is 0. The van der Waals surface area contributed by atoms with Crippen molar-refractivity contribution < 1.29 is 0 Å². The maximum atomic E-state index is 4.46. The largest absolute Gasteiger partial charge is 0.331 e. The van der Waals surface area contributed by atoms with Gasteiger partial charge < -0.3 is 4.57 Å². The van der Waals surface area contributed by atoms with Crippen molar-refractivity contribution in [3.63, 3.8) is 0 Å². The van der Waals surface area contributed by atoms with Crippen LogP contribution in [0.2, 0.25) is 0 Å². The number of nitrogens with zero attached hydrogens (tertiary/aromatic N) is 3. The molecule has 0 aliphatic heterocycles. The van der Waals surface area contributed by atoms with Gasteiger partial charge in [0.2, 0.25) is 0 Å². The molecule has 3 rings (SSSR count). The molecule has 0 saturated heterocycles. The maximum absolute atomic E-state index is 4.46. The number of benzene rings is 2. The molecule has 1 heterocycles. The summed E-state index contributed by atoms with van der Waals surface area (Å²) < 4.78 is 2.13. The zero-order chi connectivity index (χ0) is 14.5. The van der Waals surface area contributed by atoms with Crippen molar-refractivity contribution in [1.29, 1.82) is 0 Å². The molecule has 0 aliphatic carbocycles. The van der Waals surface area contributed by atoms with E-state index in [-0.39, 0.29) is 0 Å². The topological polar surface area (TPSA) is 30.2 Å². The second kappa shape index (κ2) is 6.18. The number of aromatic nitrogens is 2. The number of aryl methyl sites for hydroxylation is 1. The Labute approximate surface area is 124 Å². The molecule has 0 spiro atoms. The van der Waals surface area contributed by atoms with Crippen LogP contribution < -0.4 is 0 Å². The van der Waals surface area contributed by atoms with E-state index >= 15 is 0 Å². The molecule has 0 radical (unpaired) electrons. The molecular formula is C18H17N3. The molecule has 3 heteroatoms. The van der Waals surface area contributed by atoms with E-state index in [2.05, 4.69) is 38.8 Å². The summed E-state index contributed by atoms with van der Waals surface area (Å²) in [7, 11) is 0. The van der Waals surface area contributed by atoms with Gasteiger partial charge in [-0.3, -0.25) is 4.99 Å². The first-order valence-electron chi connectivity index (χ1n) is 6.97. The Hall–Kier alpha value is -2.68. The normalized spacial score (nSPS) is 11.1. The van der Waals surface area contributed by atoms with E-state index in [1.165, 1.54) is 5.56 Å². The molecule has 0 unspecified atom stereocenters. The Kier molecular flexibility index (Phi) is 3.92. The first-order valence-corrected chi connectivity index (χ1v) is 6.97. The minimum absolute atomic E-state index is 0.849. The second-order valence-electron chi connectivity index (χ2n) is 4.94. The number of aliphatic imine (C=N–C) groups is 1. The third kappa shape index (κ3) is 3.45. The SMILES string of the molecule is Cc1nccn1Cc1ccc(C=Nc2ccccc2)cc1. The second-order valence-corrected chi connectivity index (χ2v) is 4.94. The number of hydrogen-bond acceptors (Lipinski definition) is 2. The van der Waals surface area contributed by atoms with Crippen molar-refractivity contribution in [2.24, 2.45) is 4.99 Å². The lowest BCUT2D eigenvalue weighted by Crippen LogP contribution is -2.00. The molecule has 1 aromatic heterocycles. The van der Waals surface area contributed by atoms with Gasteiger partial charge in [-0.1, -0.05) is 42.5 Å². The van der Waals surface area contributed by atoms with Crippen LogP contribution in [0.15, 0.2) is 72.0 Å². The first-order chi connectivity index (χ1) is 10.3. The van der Waals surface area contributed by atoms with E-state index < -0.39 is 0 Å². The first kappa shape index (κ1) is 13.3. The van der Waals surface area contributed by atoms with Gasteiger partial charge in [0.25, 0.3) is 0 Å². The van der Waals surface area contributed by atoms with Crippen molar-refractivity contribution in [2.45, 2.75) is 13.5 Å². The van der Waals surface area contributed by atoms with Crippen LogP contribution in [0.4, 0.5) is 5.69 Å². The third-order valence-electron chi connectivity index (χ3n) is 3.38. The minimum Gasteiger partial charge on any atom is -0.331 e. The van der Waals surface area contributed by atoms with E-state index in [0.29, 0.717) is 0 Å². The summed E-state index contributed by atoms with van der Waals surface area (Å²) in [4.78, 5) is 8.69. The number of rotatable bonds is 4. The van der Waals surface area contributed by atoms with Gasteiger partial charge in [0.05, 0.1) is 5.69 Å². The highest BCUT2D eigenvalue weighted by Crippen LogP contribution is 2.11. The third-order valence-corrected chi connectivity index (χ3v) is 3.38. The highest BCUT2D eigenvalue weighted by Gasteiger charge is 1.98. The van der Waals surface area contributed by atoms with E-state index in [9.17, 15) is 0 Å². The van der Waals surface area contributed by atoms with E-state index in [0.717, 1.165) is 23.6 Å². The van der Waals surface area contributed by atoms with Crippen LogP contribution in [-0.4, -0.2) is 15.8 Å². The molecule has 0 saturated carbocycles. The zero-order valence-corrected chi connectivity index (χ0v) is 12.0. The van der Waals surface area contributed by atoms with Crippen LogP contribution in [-0.2, 0) is 6.54 Å². The van der Waals surface area contributed by atoms with Gasteiger partial charge in [-0.25, -0.2) is 4.98 Å². The minimum atomic E-state index is 0.849. The molecule has 0 atom stereocenters. The standard InChI is InChI=1S/C18H17N3/c1-15-19-11-12-21(15)14-17-9-7-16(8-10-17)13-20-18-5-3-2-4-6-18/h2-13H,14H2,1H3. The fourth-order valence-electron chi connectivity index (χ4n) is 2.14. The van der Waals surface area contributed by atoms with Crippen LogP contribution in [0.1, 0.15) is 17.0 Å². The van der Waals surface area contributed by atoms with E-state index in [4.69, 9.17) is 0 Å². The zero-order valence-electron chi connectivity index (χ0n) is 12.0. The van der Waals surface area contributed by atoms with Crippen molar-refractivity contribution >= 4 is 11.9 Å². The molecule has 0 fully saturated rings. The van der Waals surface area contributed by atoms with Crippen molar-refractivity contribution in [3.05, 3.63) is 83.9 Å². The van der Waals surface area contributed by atoms with Crippen molar-refractivity contribution in [2.75, 3.05) is 0 Å². The van der Waals surface area contributed by atoms with Gasteiger partial charge >= 0.3 is 0 Å². The lowest BCUT2D eigenvalue weighted by atomic mass is 10.1. The summed E-state index contributed by atoms with van der Waals surface area (Å²) in [5, 5.41) is 0. The van der Waals surface area contributed by atoms with Gasteiger partial charge in [-0.05, 0) is 30.2 Å². The van der Waals surface area contributed by atoms with Gasteiger partial charge in [-0.15, -0.1) is 0 Å². The maximum Gasteiger partial charge on any atom is 0.105 e. The smallest absolute Gasteiger partial charge is 0.105 e. The van der Waals surface area contributed by atoms with Crippen molar-refractivity contribution in [3.8, 4) is 0 Å². The lowest BCUT2D eigenvalue weighted by Gasteiger charge is -2.05. The Balaban J connectivity index is 1.70. The van der Waals surface area contributed by atoms with Gasteiger partial charge in [0.15, 0.2) is 0 Å². The molecule has 3 aromatic rings. The van der Waals surface area contributed by atoms with Crippen LogP contribution in [0, 0.1) is 6.92 Å². The molecule has 3 nitrogen and oxygen atoms in total. The van der Waals surface area contributed by atoms with Crippen LogP contribution in [0.3, 0.4) is 0 Å². The predicted molar refractivity (Wildman–Crippen MR) is 86.2 cm³/mol. The number of imidazole rings is 1.